The van der Waals surface area contributed by atoms with Gasteiger partial charge in [0.25, 0.3) is 6.71 Å². The second-order valence-electron chi connectivity index (χ2n) is 32.3. The van der Waals surface area contributed by atoms with Gasteiger partial charge in [0.1, 0.15) is 23.0 Å². The van der Waals surface area contributed by atoms with Crippen LogP contribution in [0, 0.1) is 0 Å². The third-order valence-electron chi connectivity index (χ3n) is 19.4. The van der Waals surface area contributed by atoms with Gasteiger partial charge in [-0.05, 0) is 178 Å². The number of hydrogen-bond donors (Lipinski definition) is 0. The second kappa shape index (κ2) is 21.6. The van der Waals surface area contributed by atoms with Gasteiger partial charge in [0.05, 0.1) is 0 Å². The van der Waals surface area contributed by atoms with Crippen molar-refractivity contribution in [2.75, 3.05) is 14.7 Å². The third kappa shape index (κ3) is 10.6. The Morgan fingerprint density at radius 1 is 0.272 bits per heavy atom. The fourth-order valence-corrected chi connectivity index (χ4v) is 15.8. The monoisotopic (exact) mass is 1220 g/mol. The zero-order valence-electron chi connectivity index (χ0n) is 57.3. The van der Waals surface area contributed by atoms with E-state index in [9.17, 15) is 0 Å². The third-order valence-corrected chi connectivity index (χ3v) is 20.5. The van der Waals surface area contributed by atoms with E-state index in [4.69, 9.17) is 9.47 Å². The van der Waals surface area contributed by atoms with Crippen LogP contribution in [-0.4, -0.2) is 13.4 Å². The van der Waals surface area contributed by atoms with Gasteiger partial charge in [-0.3, -0.25) is 0 Å². The number of anilines is 9. The number of rotatable bonds is 7. The molecule has 0 atom stereocenters. The molecule has 0 N–H and O–H groups in total. The van der Waals surface area contributed by atoms with Crippen molar-refractivity contribution in [1.82, 2.24) is 0 Å². The van der Waals surface area contributed by atoms with Crippen molar-refractivity contribution in [1.29, 1.82) is 0 Å². The number of para-hydroxylation sites is 4. The van der Waals surface area contributed by atoms with E-state index >= 15 is 0 Å². The maximum Gasteiger partial charge on any atom is 0.252 e. The first-order valence-corrected chi connectivity index (χ1v) is 33.9. The van der Waals surface area contributed by atoms with Gasteiger partial charge in [-0.1, -0.05) is 239 Å². The predicted octanol–water partition coefficient (Wildman–Crippen LogP) is 19.9. The summed E-state index contributed by atoms with van der Waals surface area (Å²) in [6.45, 7) is 42.5. The van der Waals surface area contributed by atoms with Crippen LogP contribution in [0.3, 0.4) is 0 Å². The van der Waals surface area contributed by atoms with Crippen molar-refractivity contribution in [2.24, 2.45) is 0 Å². The molecule has 0 saturated carbocycles. The van der Waals surface area contributed by atoms with Crippen molar-refractivity contribution in [3.63, 3.8) is 0 Å². The van der Waals surface area contributed by atoms with Gasteiger partial charge >= 0.3 is 0 Å². The summed E-state index contributed by atoms with van der Waals surface area (Å²) in [5, 5.41) is 0. The number of benzene rings is 10. The van der Waals surface area contributed by atoms with Gasteiger partial charge in [-0.2, -0.15) is 0 Å². The first kappa shape index (κ1) is 61.2. The van der Waals surface area contributed by atoms with Gasteiger partial charge in [0, 0.05) is 79.2 Å². The molecule has 0 saturated heterocycles. The van der Waals surface area contributed by atoms with Crippen LogP contribution in [0.4, 0.5) is 51.2 Å². The highest BCUT2D eigenvalue weighted by atomic mass is 32.2. The van der Waals surface area contributed by atoms with Crippen LogP contribution in [0.25, 0.3) is 0 Å². The summed E-state index contributed by atoms with van der Waals surface area (Å²) in [6.07, 6.45) is 0. The van der Waals surface area contributed by atoms with E-state index in [0.29, 0.717) is 0 Å². The van der Waals surface area contributed by atoms with Crippen molar-refractivity contribution < 1.29 is 9.47 Å². The number of ether oxygens (including phenoxy) is 2. The normalized spacial score (nSPS) is 14.3. The zero-order chi connectivity index (χ0) is 64.9. The lowest BCUT2D eigenvalue weighted by atomic mass is 9.29. The Morgan fingerprint density at radius 2 is 0.630 bits per heavy atom. The summed E-state index contributed by atoms with van der Waals surface area (Å²) in [5.41, 5.74) is 24.9. The average Bonchev–Trinajstić information content (AvgIpc) is 0.683. The van der Waals surface area contributed by atoms with E-state index in [1.54, 1.807) is 0 Å². The van der Waals surface area contributed by atoms with Gasteiger partial charge in [0.15, 0.2) is 0 Å². The van der Waals surface area contributed by atoms with Gasteiger partial charge in [-0.15, -0.1) is 0 Å². The van der Waals surface area contributed by atoms with Crippen molar-refractivity contribution in [3.8, 4) is 23.0 Å². The summed E-state index contributed by atoms with van der Waals surface area (Å²) in [7, 11) is 0. The molecular formula is C84H87B2N3O2S. The quantitative estimate of drug-likeness (QED) is 0.148. The zero-order valence-corrected chi connectivity index (χ0v) is 58.1. The summed E-state index contributed by atoms with van der Waals surface area (Å²) in [6, 6.07) is 75.0. The highest BCUT2D eigenvalue weighted by molar-refractivity contribution is 8.00. The molecule has 0 unspecified atom stereocenters. The SMILES string of the molecule is CC(C)(C)c1cc(N2c3cc(Oc4ccccc4)cc4c3B(c3cc5c(cc3N4c3ccccc3)N(c3ccccc3)c3cc(Oc4ccccc4)cc4c3B5c3c(cc(C(C)(C)C)cc3C(C)(C)C)S4)c3c2cc(C(C)(C)C)cc3C(C)(C)C)cc(C(C)(C)C)c1. The minimum Gasteiger partial charge on any atom is -0.457 e. The average molecular weight is 1220 g/mol. The van der Waals surface area contributed by atoms with E-state index in [2.05, 4.69) is 333 Å². The molecule has 92 heavy (non-hydrogen) atoms. The largest absolute Gasteiger partial charge is 0.457 e. The molecule has 0 fully saturated rings. The fourth-order valence-electron chi connectivity index (χ4n) is 14.5. The fraction of sp³-hybridized carbons (Fsp3) is 0.286. The standard InChI is InChI=1S/C84H87B2N3O2S/c1-79(2,3)52-39-53(80(4,5)6)41-58(40-52)89-69-44-54(81(7,8)9)42-63(83(13,14)15)75(69)85-65-50-66-68(51-67(65)87(56-31-23-19-24-32-56)70-46-61(47-71(89)77(70)85)90-59-35-27-21-28-36-59)88(57-33-25-20-26-34-57)72-48-62(91-60-37-29-22-30-38-60)49-74-78(72)86(66)76-64(84(16,17)18)43-55(82(10,11)12)45-73(76)92-74/h19-51H,1-18H3. The highest BCUT2D eigenvalue weighted by Gasteiger charge is 2.51. The molecule has 14 rings (SSSR count). The van der Waals surface area contributed by atoms with E-state index in [1.807, 2.05) is 17.8 Å². The van der Waals surface area contributed by atoms with E-state index < -0.39 is 0 Å². The molecule has 0 radical (unpaired) electrons. The summed E-state index contributed by atoms with van der Waals surface area (Å²) in [4.78, 5) is 10.3. The molecule has 4 heterocycles. The van der Waals surface area contributed by atoms with Crippen LogP contribution in [0.5, 0.6) is 23.0 Å². The first-order valence-electron chi connectivity index (χ1n) is 33.1. The lowest BCUT2D eigenvalue weighted by molar-refractivity contribution is 0.481. The van der Waals surface area contributed by atoms with Crippen molar-refractivity contribution >= 4 is 109 Å². The minimum absolute atomic E-state index is 0.0901. The maximum absolute atomic E-state index is 7.23. The van der Waals surface area contributed by atoms with Crippen molar-refractivity contribution in [3.05, 3.63) is 234 Å². The van der Waals surface area contributed by atoms with Crippen LogP contribution in [0.15, 0.2) is 210 Å². The molecular weight excluding hydrogens is 1140 g/mol. The molecule has 462 valence electrons. The Bertz CT molecular complexity index is 4530. The van der Waals surface area contributed by atoms with Crippen LogP contribution in [-0.2, 0) is 32.5 Å². The molecule has 0 aliphatic carbocycles. The summed E-state index contributed by atoms with van der Waals surface area (Å²) < 4.78 is 14.2. The first-order chi connectivity index (χ1) is 43.4. The van der Waals surface area contributed by atoms with Gasteiger partial charge in [0.2, 0.25) is 6.71 Å². The lowest BCUT2D eigenvalue weighted by Gasteiger charge is -2.48. The van der Waals surface area contributed by atoms with Crippen LogP contribution in [0.2, 0.25) is 0 Å². The van der Waals surface area contributed by atoms with Crippen LogP contribution >= 0.6 is 11.8 Å². The summed E-state index contributed by atoms with van der Waals surface area (Å²) in [5.74, 6) is 3.16. The van der Waals surface area contributed by atoms with Crippen LogP contribution in [0.1, 0.15) is 158 Å². The van der Waals surface area contributed by atoms with Gasteiger partial charge < -0.3 is 24.2 Å². The van der Waals surface area contributed by atoms with E-state index in [-0.39, 0.29) is 45.9 Å². The van der Waals surface area contributed by atoms with E-state index in [1.165, 1.54) is 81.6 Å². The minimum atomic E-state index is -0.275. The molecule has 10 aromatic carbocycles. The molecule has 4 aliphatic heterocycles. The molecule has 0 bridgehead atoms. The molecule has 5 nitrogen and oxygen atoms in total. The number of fused-ring (bicyclic) bond motifs is 8. The van der Waals surface area contributed by atoms with E-state index in [0.717, 1.165) is 68.5 Å². The molecule has 0 spiro atoms. The Balaban J connectivity index is 1.16. The highest BCUT2D eigenvalue weighted by Crippen LogP contribution is 2.53. The second-order valence-corrected chi connectivity index (χ2v) is 33.4. The molecule has 0 amide bonds. The smallest absolute Gasteiger partial charge is 0.252 e. The molecule has 4 aliphatic rings. The number of hydrogen-bond acceptors (Lipinski definition) is 6. The predicted molar refractivity (Wildman–Crippen MR) is 396 cm³/mol. The summed E-state index contributed by atoms with van der Waals surface area (Å²) >= 11 is 1.91. The molecule has 0 aromatic heterocycles. The lowest BCUT2D eigenvalue weighted by Crippen LogP contribution is -2.66. The number of nitrogens with zero attached hydrogens (tertiary/aromatic N) is 3. The Kier molecular flexibility index (Phi) is 14.4. The Hall–Kier alpha value is -8.32. The van der Waals surface area contributed by atoms with Gasteiger partial charge in [-0.25, -0.2) is 0 Å². The molecule has 10 aromatic rings. The topological polar surface area (TPSA) is 28.2 Å². The maximum atomic E-state index is 7.23. The Morgan fingerprint density at radius 3 is 1.08 bits per heavy atom. The Labute approximate surface area is 553 Å². The van der Waals surface area contributed by atoms with Crippen LogP contribution < -0.4 is 57.0 Å². The molecule has 8 heteroatoms. The van der Waals surface area contributed by atoms with Crippen molar-refractivity contribution in [2.45, 2.75) is 167 Å².